The van der Waals surface area contributed by atoms with Crippen molar-refractivity contribution in [2.75, 3.05) is 0 Å². The fourth-order valence-electron chi connectivity index (χ4n) is 2.56. The third-order valence-electron chi connectivity index (χ3n) is 3.49. The molecule has 4 heteroatoms. The summed E-state index contributed by atoms with van der Waals surface area (Å²) in [5, 5.41) is 0. The van der Waals surface area contributed by atoms with Crippen LogP contribution < -0.4 is 5.73 Å². The maximum atomic E-state index is 13.7. The van der Waals surface area contributed by atoms with E-state index in [2.05, 4.69) is 15.9 Å². The summed E-state index contributed by atoms with van der Waals surface area (Å²) in [6.45, 7) is 0. The quantitative estimate of drug-likeness (QED) is 0.846. The molecule has 96 valence electrons. The van der Waals surface area contributed by atoms with Gasteiger partial charge in [0.05, 0.1) is 0 Å². The minimum atomic E-state index is -0.188. The van der Waals surface area contributed by atoms with Gasteiger partial charge < -0.3 is 5.73 Å². The monoisotopic (exact) mass is 321 g/mol. The highest BCUT2D eigenvalue weighted by Gasteiger charge is 2.25. The second-order valence-electron chi connectivity index (χ2n) is 4.56. The second-order valence-corrected chi connectivity index (χ2v) is 5.41. The summed E-state index contributed by atoms with van der Waals surface area (Å²) < 4.78 is 14.5. The first kappa shape index (κ1) is 14.9. The number of hydrogen-bond donors (Lipinski definition) is 1. The Kier molecular flexibility index (Phi) is 5.90. The van der Waals surface area contributed by atoms with E-state index in [1.165, 1.54) is 25.3 Å². The van der Waals surface area contributed by atoms with Crippen molar-refractivity contribution >= 4 is 28.3 Å². The van der Waals surface area contributed by atoms with Gasteiger partial charge >= 0.3 is 0 Å². The van der Waals surface area contributed by atoms with Crippen LogP contribution in [0.15, 0.2) is 22.7 Å². The van der Waals surface area contributed by atoms with Crippen LogP contribution in [0.25, 0.3) is 0 Å². The van der Waals surface area contributed by atoms with Crippen LogP contribution in [0.4, 0.5) is 4.39 Å². The van der Waals surface area contributed by atoms with Gasteiger partial charge in [0, 0.05) is 16.1 Å². The molecule has 1 atom stereocenters. The zero-order chi connectivity index (χ0) is 11.5. The Morgan fingerprint density at radius 1 is 1.24 bits per heavy atom. The molecule has 2 rings (SSSR count). The lowest BCUT2D eigenvalue weighted by molar-refractivity contribution is 0.303. The first-order valence-electron chi connectivity index (χ1n) is 5.89. The summed E-state index contributed by atoms with van der Waals surface area (Å²) in [6, 6.07) is 4.89. The van der Waals surface area contributed by atoms with Crippen LogP contribution >= 0.6 is 28.3 Å². The van der Waals surface area contributed by atoms with E-state index < -0.39 is 0 Å². The molecule has 1 aliphatic rings. The van der Waals surface area contributed by atoms with Gasteiger partial charge in [-0.15, -0.1) is 12.4 Å². The second kappa shape index (κ2) is 6.72. The maximum Gasteiger partial charge on any atom is 0.129 e. The van der Waals surface area contributed by atoms with Gasteiger partial charge in [0.2, 0.25) is 0 Å². The Balaban J connectivity index is 0.00000144. The van der Waals surface area contributed by atoms with Crippen LogP contribution in [0.2, 0.25) is 0 Å². The topological polar surface area (TPSA) is 26.0 Å². The number of halogens is 3. The van der Waals surface area contributed by atoms with E-state index >= 15 is 0 Å². The fourth-order valence-corrected chi connectivity index (χ4v) is 3.16. The summed E-state index contributed by atoms with van der Waals surface area (Å²) >= 11 is 3.39. The average Bonchev–Trinajstić information content (AvgIpc) is 2.30. The lowest BCUT2D eigenvalue weighted by Gasteiger charge is -2.28. The van der Waals surface area contributed by atoms with Crippen molar-refractivity contribution in [3.8, 4) is 0 Å². The molecule has 1 aromatic carbocycles. The van der Waals surface area contributed by atoms with Gasteiger partial charge in [0.15, 0.2) is 0 Å². The van der Waals surface area contributed by atoms with Gasteiger partial charge in [-0.1, -0.05) is 41.3 Å². The number of rotatable bonds is 2. The molecule has 0 bridgehead atoms. The van der Waals surface area contributed by atoms with Crippen LogP contribution in [0.5, 0.6) is 0 Å². The highest BCUT2D eigenvalue weighted by Crippen LogP contribution is 2.36. The predicted molar refractivity (Wildman–Crippen MR) is 74.9 cm³/mol. The van der Waals surface area contributed by atoms with Crippen molar-refractivity contribution in [2.24, 2.45) is 11.7 Å². The Morgan fingerprint density at radius 3 is 2.47 bits per heavy atom. The van der Waals surface area contributed by atoms with E-state index in [0.717, 1.165) is 17.3 Å². The van der Waals surface area contributed by atoms with Crippen LogP contribution in [0.1, 0.15) is 43.7 Å². The molecule has 0 heterocycles. The predicted octanol–water partition coefficient (Wildman–Crippen LogP) is 4.59. The molecule has 0 aromatic heterocycles. The first-order valence-corrected chi connectivity index (χ1v) is 6.69. The molecule has 0 aliphatic heterocycles. The fraction of sp³-hybridized carbons (Fsp3) is 0.538. The summed E-state index contributed by atoms with van der Waals surface area (Å²) in [5.41, 5.74) is 6.85. The van der Waals surface area contributed by atoms with Crippen LogP contribution in [-0.2, 0) is 0 Å². The molecular formula is C13H18BrClFN. The van der Waals surface area contributed by atoms with Crippen molar-refractivity contribution in [3.63, 3.8) is 0 Å². The Hall–Kier alpha value is -0.120. The Morgan fingerprint density at radius 2 is 1.88 bits per heavy atom. The van der Waals surface area contributed by atoms with Gasteiger partial charge in [-0.25, -0.2) is 4.39 Å². The summed E-state index contributed by atoms with van der Waals surface area (Å²) in [7, 11) is 0. The molecule has 1 fully saturated rings. The van der Waals surface area contributed by atoms with Gasteiger partial charge in [-0.3, -0.25) is 0 Å². The molecule has 0 saturated heterocycles. The molecule has 1 aliphatic carbocycles. The number of benzene rings is 1. The van der Waals surface area contributed by atoms with Crippen molar-refractivity contribution in [3.05, 3.63) is 34.1 Å². The lowest BCUT2D eigenvalue weighted by atomic mass is 9.81. The molecule has 0 amide bonds. The van der Waals surface area contributed by atoms with E-state index in [1.54, 1.807) is 6.07 Å². The van der Waals surface area contributed by atoms with Gasteiger partial charge in [-0.2, -0.15) is 0 Å². The van der Waals surface area contributed by atoms with Gasteiger partial charge in [0.1, 0.15) is 5.82 Å². The molecule has 0 radical (unpaired) electrons. The molecule has 0 spiro atoms. The lowest BCUT2D eigenvalue weighted by Crippen LogP contribution is -2.24. The SMILES string of the molecule is Cl.N[C@H](c1c(F)cccc1Br)C1CCCCC1. The maximum absolute atomic E-state index is 13.7. The van der Waals surface area contributed by atoms with E-state index in [4.69, 9.17) is 5.73 Å². The molecule has 2 N–H and O–H groups in total. The summed E-state index contributed by atoms with van der Waals surface area (Å²) in [5.74, 6) is 0.245. The standard InChI is InChI=1S/C13H17BrFN.ClH/c14-10-7-4-8-11(15)12(10)13(16)9-5-2-1-3-6-9;/h4,7-9,13H,1-3,5-6,16H2;1H/t13-;/m0./s1. The summed E-state index contributed by atoms with van der Waals surface area (Å²) in [6.07, 6.45) is 6.00. The van der Waals surface area contributed by atoms with E-state index in [0.29, 0.717) is 11.5 Å². The van der Waals surface area contributed by atoms with Gasteiger partial charge in [-0.05, 0) is 30.9 Å². The van der Waals surface area contributed by atoms with Crippen LogP contribution in [0, 0.1) is 11.7 Å². The van der Waals surface area contributed by atoms with Crippen molar-refractivity contribution in [1.82, 2.24) is 0 Å². The molecule has 17 heavy (non-hydrogen) atoms. The zero-order valence-electron chi connectivity index (χ0n) is 9.66. The Bertz CT molecular complexity index is 346. The molecule has 1 nitrogen and oxygen atoms in total. The third-order valence-corrected chi connectivity index (χ3v) is 4.18. The third kappa shape index (κ3) is 3.43. The summed E-state index contributed by atoms with van der Waals surface area (Å²) in [4.78, 5) is 0. The minimum absolute atomic E-state index is 0. The normalized spacial score (nSPS) is 18.5. The minimum Gasteiger partial charge on any atom is -0.324 e. The highest BCUT2D eigenvalue weighted by molar-refractivity contribution is 9.10. The van der Waals surface area contributed by atoms with E-state index in [-0.39, 0.29) is 24.3 Å². The van der Waals surface area contributed by atoms with Crippen molar-refractivity contribution < 1.29 is 4.39 Å². The smallest absolute Gasteiger partial charge is 0.129 e. The highest BCUT2D eigenvalue weighted by atomic mass is 79.9. The van der Waals surface area contributed by atoms with Gasteiger partial charge in [0.25, 0.3) is 0 Å². The Labute approximate surface area is 117 Å². The molecule has 1 saturated carbocycles. The molecule has 1 aromatic rings. The molecule has 0 unspecified atom stereocenters. The zero-order valence-corrected chi connectivity index (χ0v) is 12.1. The molecular weight excluding hydrogens is 305 g/mol. The van der Waals surface area contributed by atoms with Crippen molar-refractivity contribution in [1.29, 1.82) is 0 Å². The number of nitrogens with two attached hydrogens (primary N) is 1. The van der Waals surface area contributed by atoms with E-state index in [9.17, 15) is 4.39 Å². The average molecular weight is 323 g/mol. The first-order chi connectivity index (χ1) is 7.70. The largest absolute Gasteiger partial charge is 0.324 e. The van der Waals surface area contributed by atoms with Crippen LogP contribution in [0.3, 0.4) is 0 Å². The van der Waals surface area contributed by atoms with Crippen LogP contribution in [-0.4, -0.2) is 0 Å². The number of hydrogen-bond acceptors (Lipinski definition) is 1. The van der Waals surface area contributed by atoms with Crippen molar-refractivity contribution in [2.45, 2.75) is 38.1 Å². The van der Waals surface area contributed by atoms with E-state index in [1.807, 2.05) is 6.07 Å².